The van der Waals surface area contributed by atoms with Crippen LogP contribution in [0, 0.1) is 0 Å². The molecule has 1 aromatic rings. The maximum absolute atomic E-state index is 13.3. The third kappa shape index (κ3) is 4.57. The Morgan fingerprint density at radius 3 is 2.04 bits per heavy atom. The van der Waals surface area contributed by atoms with Crippen LogP contribution in [-0.2, 0) is 4.79 Å². The van der Waals surface area contributed by atoms with E-state index in [2.05, 4.69) is 0 Å². The maximum atomic E-state index is 13.3. The number of aliphatic hydroxyl groups is 1. The number of nitrogens with zero attached hydrogens (tertiary/aromatic N) is 2. The molecule has 0 radical (unpaired) electrons. The fourth-order valence-corrected chi connectivity index (χ4v) is 3.02. The lowest BCUT2D eigenvalue weighted by Gasteiger charge is -2.33. The van der Waals surface area contributed by atoms with Crippen LogP contribution in [0.2, 0.25) is 0 Å². The highest BCUT2D eigenvalue weighted by Gasteiger charge is 2.29. The molecule has 134 valence electrons. The number of carbonyl (C=O) groups excluding carboxylic acids is 2. The van der Waals surface area contributed by atoms with Crippen LogP contribution < -0.4 is 4.90 Å². The Bertz CT molecular complexity index is 586. The molecule has 0 aliphatic rings. The zero-order valence-electron chi connectivity index (χ0n) is 15.8. The van der Waals surface area contributed by atoms with Crippen molar-refractivity contribution in [1.82, 2.24) is 4.90 Å². The predicted octanol–water partition coefficient (Wildman–Crippen LogP) is 3.02. The highest BCUT2D eigenvalue weighted by atomic mass is 16.3. The summed E-state index contributed by atoms with van der Waals surface area (Å²) in [6.07, 6.45) is -0.983. The summed E-state index contributed by atoms with van der Waals surface area (Å²) >= 11 is 0. The Hall–Kier alpha value is -1.88. The molecule has 1 N–H and O–H groups in total. The van der Waals surface area contributed by atoms with Crippen molar-refractivity contribution in [3.63, 3.8) is 0 Å². The van der Waals surface area contributed by atoms with E-state index in [0.29, 0.717) is 11.1 Å². The molecule has 0 aromatic heterocycles. The molecule has 1 amide bonds. The zero-order valence-corrected chi connectivity index (χ0v) is 15.8. The smallest absolute Gasteiger partial charge is 0.256 e. The SMILES string of the molecule is CC(=O)C[C@@H](O)c1cccc(N(C)C)c1C(=O)N(C(C)C)C(C)C. The second-order valence-corrected chi connectivity index (χ2v) is 6.96. The van der Waals surface area contributed by atoms with E-state index in [1.807, 2.05) is 52.8 Å². The molecule has 1 aromatic carbocycles. The fraction of sp³-hybridized carbons (Fsp3) is 0.579. The molecule has 0 unspecified atom stereocenters. The molecule has 0 saturated heterocycles. The maximum Gasteiger partial charge on any atom is 0.256 e. The van der Waals surface area contributed by atoms with Gasteiger partial charge in [0.2, 0.25) is 0 Å². The molecule has 5 nitrogen and oxygen atoms in total. The van der Waals surface area contributed by atoms with Crippen LogP contribution in [-0.4, -0.2) is 47.9 Å². The van der Waals surface area contributed by atoms with Gasteiger partial charge in [0, 0.05) is 38.3 Å². The molecule has 5 heteroatoms. The van der Waals surface area contributed by atoms with Gasteiger partial charge in [0.15, 0.2) is 0 Å². The van der Waals surface area contributed by atoms with Crippen molar-refractivity contribution in [2.75, 3.05) is 19.0 Å². The number of benzene rings is 1. The van der Waals surface area contributed by atoms with Gasteiger partial charge in [-0.3, -0.25) is 9.59 Å². The summed E-state index contributed by atoms with van der Waals surface area (Å²) in [4.78, 5) is 28.3. The number of Topliss-reactive ketones (excluding diaryl/α,β-unsaturated/α-hetero) is 1. The number of aliphatic hydroxyl groups excluding tert-OH is 1. The summed E-state index contributed by atoms with van der Waals surface area (Å²) in [5.41, 5.74) is 1.72. The van der Waals surface area contributed by atoms with E-state index in [9.17, 15) is 14.7 Å². The first kappa shape index (κ1) is 20.2. The average molecular weight is 334 g/mol. The summed E-state index contributed by atoms with van der Waals surface area (Å²) in [6.45, 7) is 9.34. The third-order valence-electron chi connectivity index (χ3n) is 3.96. The number of anilines is 1. The topological polar surface area (TPSA) is 60.9 Å². The molecular weight excluding hydrogens is 304 g/mol. The van der Waals surface area contributed by atoms with Gasteiger partial charge in [0.25, 0.3) is 5.91 Å². The van der Waals surface area contributed by atoms with Crippen LogP contribution in [0.4, 0.5) is 5.69 Å². The summed E-state index contributed by atoms with van der Waals surface area (Å²) < 4.78 is 0. The lowest BCUT2D eigenvalue weighted by Crippen LogP contribution is -2.43. The highest BCUT2D eigenvalue weighted by molar-refractivity contribution is 6.02. The average Bonchev–Trinajstić information content (AvgIpc) is 2.44. The molecule has 1 rings (SSSR count). The lowest BCUT2D eigenvalue weighted by atomic mass is 9.95. The van der Waals surface area contributed by atoms with Gasteiger partial charge in [-0.25, -0.2) is 0 Å². The van der Waals surface area contributed by atoms with E-state index in [1.54, 1.807) is 17.0 Å². The minimum atomic E-state index is -0.984. The first-order valence-electron chi connectivity index (χ1n) is 8.38. The van der Waals surface area contributed by atoms with Crippen LogP contribution >= 0.6 is 0 Å². The Balaban J connectivity index is 3.51. The van der Waals surface area contributed by atoms with Gasteiger partial charge in [-0.05, 0) is 46.2 Å². The molecule has 1 atom stereocenters. The largest absolute Gasteiger partial charge is 0.388 e. The van der Waals surface area contributed by atoms with Crippen LogP contribution in [0.3, 0.4) is 0 Å². The van der Waals surface area contributed by atoms with Crippen molar-refractivity contribution in [3.05, 3.63) is 29.3 Å². The minimum absolute atomic E-state index is 0.000515. The van der Waals surface area contributed by atoms with E-state index < -0.39 is 6.10 Å². The van der Waals surface area contributed by atoms with Crippen LogP contribution in [0.25, 0.3) is 0 Å². The Kier molecular flexibility index (Phi) is 6.96. The van der Waals surface area contributed by atoms with E-state index in [4.69, 9.17) is 0 Å². The number of hydrogen-bond acceptors (Lipinski definition) is 4. The monoisotopic (exact) mass is 334 g/mol. The van der Waals surface area contributed by atoms with Gasteiger partial charge >= 0.3 is 0 Å². The second-order valence-electron chi connectivity index (χ2n) is 6.96. The quantitative estimate of drug-likeness (QED) is 0.832. The molecule has 0 fully saturated rings. The predicted molar refractivity (Wildman–Crippen MR) is 97.5 cm³/mol. The third-order valence-corrected chi connectivity index (χ3v) is 3.96. The van der Waals surface area contributed by atoms with Gasteiger partial charge in [0.05, 0.1) is 11.7 Å². The summed E-state index contributed by atoms with van der Waals surface area (Å²) in [5.74, 6) is -0.234. The van der Waals surface area contributed by atoms with Crippen molar-refractivity contribution in [2.45, 2.75) is 59.2 Å². The second kappa shape index (κ2) is 8.29. The molecule has 0 heterocycles. The van der Waals surface area contributed by atoms with Crippen molar-refractivity contribution in [1.29, 1.82) is 0 Å². The van der Waals surface area contributed by atoms with Gasteiger partial charge in [-0.2, -0.15) is 0 Å². The number of carbonyl (C=O) groups is 2. The van der Waals surface area contributed by atoms with Gasteiger partial charge in [-0.1, -0.05) is 12.1 Å². The summed E-state index contributed by atoms with van der Waals surface area (Å²) in [6, 6.07) is 5.46. The van der Waals surface area contributed by atoms with Crippen molar-refractivity contribution < 1.29 is 14.7 Å². The standard InChI is InChI=1S/C19H30N2O3/c1-12(2)21(13(3)4)19(24)18-15(17(23)11-14(5)22)9-8-10-16(18)20(6)7/h8-10,12-13,17,23H,11H2,1-7H3/t17-/m1/s1. The number of amides is 1. The lowest BCUT2D eigenvalue weighted by molar-refractivity contribution is -0.118. The molecule has 0 bridgehead atoms. The highest BCUT2D eigenvalue weighted by Crippen LogP contribution is 2.31. The number of hydrogen-bond donors (Lipinski definition) is 1. The molecule has 0 saturated carbocycles. The first-order chi connectivity index (χ1) is 11.1. The molecule has 0 aliphatic carbocycles. The van der Waals surface area contributed by atoms with Crippen molar-refractivity contribution >= 4 is 17.4 Å². The molecule has 0 aliphatic heterocycles. The van der Waals surface area contributed by atoms with E-state index >= 15 is 0 Å². The normalized spacial score (nSPS) is 12.4. The van der Waals surface area contributed by atoms with E-state index in [0.717, 1.165) is 5.69 Å². The summed E-state index contributed by atoms with van der Waals surface area (Å²) in [7, 11) is 3.73. The van der Waals surface area contributed by atoms with Gasteiger partial charge in [-0.15, -0.1) is 0 Å². The van der Waals surface area contributed by atoms with Gasteiger partial charge in [0.1, 0.15) is 5.78 Å². The van der Waals surface area contributed by atoms with E-state index in [1.165, 1.54) is 6.92 Å². The molecule has 24 heavy (non-hydrogen) atoms. The molecule has 0 spiro atoms. The zero-order chi connectivity index (χ0) is 18.6. The minimum Gasteiger partial charge on any atom is -0.388 e. The summed E-state index contributed by atoms with van der Waals surface area (Å²) in [5, 5.41) is 10.5. The van der Waals surface area contributed by atoms with Crippen LogP contribution in [0.5, 0.6) is 0 Å². The Morgan fingerprint density at radius 2 is 1.62 bits per heavy atom. The molecular formula is C19H30N2O3. The Morgan fingerprint density at radius 1 is 1.08 bits per heavy atom. The number of rotatable bonds is 7. The van der Waals surface area contributed by atoms with Crippen molar-refractivity contribution in [2.24, 2.45) is 0 Å². The Labute approximate surface area is 145 Å². The van der Waals surface area contributed by atoms with Crippen LogP contribution in [0.1, 0.15) is 63.1 Å². The first-order valence-corrected chi connectivity index (χ1v) is 8.38. The number of ketones is 1. The van der Waals surface area contributed by atoms with Crippen LogP contribution in [0.15, 0.2) is 18.2 Å². The van der Waals surface area contributed by atoms with Gasteiger partial charge < -0.3 is 14.9 Å². The van der Waals surface area contributed by atoms with E-state index in [-0.39, 0.29) is 30.2 Å². The van der Waals surface area contributed by atoms with Crippen molar-refractivity contribution in [3.8, 4) is 0 Å². The fourth-order valence-electron chi connectivity index (χ4n) is 3.02.